The highest BCUT2D eigenvalue weighted by atomic mass is 35.5. The van der Waals surface area contributed by atoms with Gasteiger partial charge in [-0.3, -0.25) is 0 Å². The molecule has 0 aliphatic carbocycles. The molecule has 2 rings (SSSR count). The predicted octanol–water partition coefficient (Wildman–Crippen LogP) is 4.94. The Kier molecular flexibility index (Phi) is 5.39. The molecule has 0 aliphatic rings. The van der Waals surface area contributed by atoms with Crippen molar-refractivity contribution in [2.24, 2.45) is 0 Å². The lowest BCUT2D eigenvalue weighted by molar-refractivity contribution is 0.0731. The predicted molar refractivity (Wildman–Crippen MR) is 86.2 cm³/mol. The Morgan fingerprint density at radius 3 is 2.48 bits per heavy atom. The van der Waals surface area contributed by atoms with Crippen molar-refractivity contribution in [3.63, 3.8) is 0 Å². The Morgan fingerprint density at radius 1 is 1.10 bits per heavy atom. The van der Waals surface area contributed by atoms with E-state index in [2.05, 4.69) is 0 Å². The van der Waals surface area contributed by atoms with Gasteiger partial charge in [-0.05, 0) is 42.7 Å². The van der Waals surface area contributed by atoms with Gasteiger partial charge in [0, 0.05) is 9.92 Å². The minimum atomic E-state index is -0.538. The molecule has 0 N–H and O–H groups in total. The number of thioether (sulfide) groups is 1. The van der Waals surface area contributed by atoms with Crippen molar-refractivity contribution in [1.29, 1.82) is 0 Å². The minimum Gasteiger partial charge on any atom is -0.496 e. The molecule has 0 radical (unpaired) electrons. The van der Waals surface area contributed by atoms with Crippen LogP contribution in [0.15, 0.2) is 41.3 Å². The highest BCUT2D eigenvalue weighted by Gasteiger charge is 2.16. The SMILES string of the molecule is COc1cc(SC)ccc1C(=O)Oc1ccc(Cl)cc1Cl. The van der Waals surface area contributed by atoms with Gasteiger partial charge in [-0.25, -0.2) is 4.79 Å². The van der Waals surface area contributed by atoms with Gasteiger partial charge in [0.1, 0.15) is 17.1 Å². The van der Waals surface area contributed by atoms with Crippen LogP contribution in [-0.2, 0) is 0 Å². The molecule has 0 fully saturated rings. The summed E-state index contributed by atoms with van der Waals surface area (Å²) in [7, 11) is 1.51. The number of esters is 1. The fourth-order valence-corrected chi connectivity index (χ4v) is 2.56. The molecule has 6 heteroatoms. The first kappa shape index (κ1) is 16.0. The molecule has 21 heavy (non-hydrogen) atoms. The van der Waals surface area contributed by atoms with Gasteiger partial charge in [-0.1, -0.05) is 23.2 Å². The number of hydrogen-bond donors (Lipinski definition) is 0. The smallest absolute Gasteiger partial charge is 0.347 e. The van der Waals surface area contributed by atoms with E-state index >= 15 is 0 Å². The number of benzene rings is 2. The van der Waals surface area contributed by atoms with Crippen molar-refractivity contribution in [3.8, 4) is 11.5 Å². The van der Waals surface area contributed by atoms with Crippen LogP contribution in [0, 0.1) is 0 Å². The molecule has 0 unspecified atom stereocenters. The monoisotopic (exact) mass is 342 g/mol. The second-order valence-corrected chi connectivity index (χ2v) is 5.75. The lowest BCUT2D eigenvalue weighted by Crippen LogP contribution is -2.10. The standard InChI is InChI=1S/C15H12Cl2O3S/c1-19-14-8-10(21-2)4-5-11(14)15(18)20-13-6-3-9(16)7-12(13)17/h3-8H,1-2H3. The van der Waals surface area contributed by atoms with E-state index in [0.717, 1.165) is 4.90 Å². The second-order valence-electron chi connectivity index (χ2n) is 4.03. The summed E-state index contributed by atoms with van der Waals surface area (Å²) < 4.78 is 10.5. The van der Waals surface area contributed by atoms with E-state index in [4.69, 9.17) is 32.7 Å². The van der Waals surface area contributed by atoms with Crippen LogP contribution in [0.2, 0.25) is 10.0 Å². The van der Waals surface area contributed by atoms with E-state index in [0.29, 0.717) is 16.3 Å². The van der Waals surface area contributed by atoms with Gasteiger partial charge >= 0.3 is 5.97 Å². The lowest BCUT2D eigenvalue weighted by atomic mass is 10.2. The van der Waals surface area contributed by atoms with Crippen LogP contribution in [0.4, 0.5) is 0 Å². The summed E-state index contributed by atoms with van der Waals surface area (Å²) in [5.41, 5.74) is 0.335. The largest absolute Gasteiger partial charge is 0.496 e. The molecule has 0 saturated carbocycles. The number of carbonyl (C=O) groups is 1. The zero-order valence-corrected chi connectivity index (χ0v) is 13.7. The number of rotatable bonds is 4. The van der Waals surface area contributed by atoms with Gasteiger partial charge in [0.2, 0.25) is 0 Å². The molecule has 2 aromatic rings. The Hall–Kier alpha value is -1.36. The molecule has 0 amide bonds. The molecular weight excluding hydrogens is 331 g/mol. The fourth-order valence-electron chi connectivity index (χ4n) is 1.68. The zero-order chi connectivity index (χ0) is 15.4. The highest BCUT2D eigenvalue weighted by molar-refractivity contribution is 7.98. The quantitative estimate of drug-likeness (QED) is 0.447. The maximum atomic E-state index is 12.2. The third kappa shape index (κ3) is 3.84. The van der Waals surface area contributed by atoms with Crippen molar-refractivity contribution in [2.45, 2.75) is 4.90 Å². The first-order chi connectivity index (χ1) is 10.0. The van der Waals surface area contributed by atoms with Crippen LogP contribution >= 0.6 is 35.0 Å². The van der Waals surface area contributed by atoms with E-state index in [1.165, 1.54) is 13.2 Å². The number of carbonyl (C=O) groups excluding carboxylic acids is 1. The van der Waals surface area contributed by atoms with Crippen LogP contribution < -0.4 is 9.47 Å². The molecule has 3 nitrogen and oxygen atoms in total. The van der Waals surface area contributed by atoms with Crippen LogP contribution in [-0.4, -0.2) is 19.3 Å². The van der Waals surface area contributed by atoms with E-state index in [1.807, 2.05) is 12.3 Å². The summed E-state index contributed by atoms with van der Waals surface area (Å²) in [5.74, 6) is 0.169. The van der Waals surface area contributed by atoms with Gasteiger partial charge in [0.15, 0.2) is 0 Å². The molecule has 0 saturated heterocycles. The van der Waals surface area contributed by atoms with Crippen molar-refractivity contribution < 1.29 is 14.3 Å². The third-order valence-corrected chi connectivity index (χ3v) is 3.98. The van der Waals surface area contributed by atoms with Crippen LogP contribution in [0.25, 0.3) is 0 Å². The Bertz CT molecular complexity index is 674. The van der Waals surface area contributed by atoms with E-state index in [1.54, 1.807) is 36.0 Å². The number of hydrogen-bond acceptors (Lipinski definition) is 4. The molecule has 0 atom stereocenters. The van der Waals surface area contributed by atoms with Crippen molar-refractivity contribution in [1.82, 2.24) is 0 Å². The summed E-state index contributed by atoms with van der Waals surface area (Å²) in [6, 6.07) is 9.93. The van der Waals surface area contributed by atoms with Crippen LogP contribution in [0.1, 0.15) is 10.4 Å². The van der Waals surface area contributed by atoms with Crippen molar-refractivity contribution >= 4 is 40.9 Å². The summed E-state index contributed by atoms with van der Waals surface area (Å²) in [6.45, 7) is 0. The Labute approximate surface area is 137 Å². The average Bonchev–Trinajstić information content (AvgIpc) is 2.49. The minimum absolute atomic E-state index is 0.252. The molecule has 0 aliphatic heterocycles. The van der Waals surface area contributed by atoms with Gasteiger partial charge in [0.25, 0.3) is 0 Å². The molecule has 0 heterocycles. The lowest BCUT2D eigenvalue weighted by Gasteiger charge is -2.10. The Balaban J connectivity index is 2.28. The summed E-state index contributed by atoms with van der Waals surface area (Å²) >= 11 is 13.3. The second kappa shape index (κ2) is 7.07. The van der Waals surface area contributed by atoms with E-state index in [9.17, 15) is 4.79 Å². The first-order valence-electron chi connectivity index (χ1n) is 5.94. The molecular formula is C15H12Cl2O3S. The summed E-state index contributed by atoms with van der Waals surface area (Å²) in [6.07, 6.45) is 1.94. The third-order valence-electron chi connectivity index (χ3n) is 2.73. The highest BCUT2D eigenvalue weighted by Crippen LogP contribution is 2.30. The topological polar surface area (TPSA) is 35.5 Å². The molecule has 0 bridgehead atoms. The van der Waals surface area contributed by atoms with Crippen molar-refractivity contribution in [3.05, 3.63) is 52.0 Å². The Morgan fingerprint density at radius 2 is 1.86 bits per heavy atom. The molecule has 2 aromatic carbocycles. The number of halogens is 2. The van der Waals surface area contributed by atoms with E-state index < -0.39 is 5.97 Å². The summed E-state index contributed by atoms with van der Waals surface area (Å²) in [4.78, 5) is 13.2. The fraction of sp³-hybridized carbons (Fsp3) is 0.133. The normalized spacial score (nSPS) is 10.3. The first-order valence-corrected chi connectivity index (χ1v) is 7.92. The molecule has 0 aromatic heterocycles. The molecule has 110 valence electrons. The summed E-state index contributed by atoms with van der Waals surface area (Å²) in [5, 5.41) is 0.747. The van der Waals surface area contributed by atoms with Gasteiger partial charge in [-0.2, -0.15) is 0 Å². The zero-order valence-electron chi connectivity index (χ0n) is 11.4. The van der Waals surface area contributed by atoms with Crippen LogP contribution in [0.5, 0.6) is 11.5 Å². The van der Waals surface area contributed by atoms with Gasteiger partial charge in [0.05, 0.1) is 12.1 Å². The molecule has 0 spiro atoms. The van der Waals surface area contributed by atoms with Gasteiger partial charge in [-0.15, -0.1) is 11.8 Å². The maximum absolute atomic E-state index is 12.2. The number of ether oxygens (including phenoxy) is 2. The van der Waals surface area contributed by atoms with Crippen molar-refractivity contribution in [2.75, 3.05) is 13.4 Å². The average molecular weight is 343 g/mol. The number of methoxy groups -OCH3 is 1. The maximum Gasteiger partial charge on any atom is 0.347 e. The van der Waals surface area contributed by atoms with E-state index in [-0.39, 0.29) is 10.8 Å². The van der Waals surface area contributed by atoms with Gasteiger partial charge < -0.3 is 9.47 Å². The van der Waals surface area contributed by atoms with Crippen LogP contribution in [0.3, 0.4) is 0 Å².